The van der Waals surface area contributed by atoms with Crippen molar-refractivity contribution in [3.8, 4) is 80.2 Å². The third-order valence-electron chi connectivity index (χ3n) is 18.6. The summed E-state index contributed by atoms with van der Waals surface area (Å²) in [4.78, 5) is 150. The van der Waals surface area contributed by atoms with E-state index in [0.29, 0.717) is 109 Å². The van der Waals surface area contributed by atoms with E-state index in [-0.39, 0.29) is 87.0 Å². The molecule has 1 atom stereocenters. The Morgan fingerprint density at radius 3 is 1.14 bits per heavy atom. The number of pyridine rings is 6. The second kappa shape index (κ2) is 44.1. The highest BCUT2D eigenvalue weighted by molar-refractivity contribution is 6.33. The Morgan fingerprint density at radius 2 is 0.739 bits per heavy atom. The first kappa shape index (κ1) is 96.1. The van der Waals surface area contributed by atoms with Gasteiger partial charge < -0.3 is 23.0 Å². The molecule has 6 N–H and O–H groups in total. The molecule has 692 valence electrons. The SMILES string of the molecule is Cc1nc(NC(=O)c2ccc(-c3ccc(C(F)(F)F)cc3Cl)o2)nc(-c2ccccn2)n1.Cc1nc(NC(=O)c2ccc(-c3ccc(Cl)cc3)o2)nc(-c2ccccn2)n1.Cc1nc(NC(=O)c2ccc(C(F)(F)F)o2)nc(-c2ccccn2)n1.Cc1nc(NC(=O)c2ccc(C)o2)nc(-c2ccccn2)n1.Cc1nc(NC(C)c2ccccc2)ccc1C(=O)Nc1ncnc(-c2ccccn2)n1. The van der Waals surface area contributed by atoms with Crippen molar-refractivity contribution in [3.05, 3.63) is 352 Å². The molecule has 36 nitrogen and oxygen atoms in total. The van der Waals surface area contributed by atoms with Crippen molar-refractivity contribution >= 4 is 88.3 Å². The first-order valence-electron chi connectivity index (χ1n) is 40.9. The van der Waals surface area contributed by atoms with Gasteiger partial charge in [0.2, 0.25) is 35.5 Å². The van der Waals surface area contributed by atoms with Gasteiger partial charge in [-0.3, -0.25) is 75.5 Å². The molecule has 44 heteroatoms. The van der Waals surface area contributed by atoms with Crippen molar-refractivity contribution in [2.45, 2.75) is 66.9 Å². The van der Waals surface area contributed by atoms with Gasteiger partial charge in [0, 0.05) is 53.2 Å². The van der Waals surface area contributed by atoms with Gasteiger partial charge in [-0.15, -0.1) is 0 Å². The van der Waals surface area contributed by atoms with Crippen molar-refractivity contribution in [3.63, 3.8) is 0 Å². The molecule has 18 rings (SSSR count). The molecule has 15 aromatic heterocycles. The molecule has 0 bridgehead atoms. The van der Waals surface area contributed by atoms with Gasteiger partial charge in [0.1, 0.15) is 81.2 Å². The van der Waals surface area contributed by atoms with E-state index >= 15 is 0 Å². The summed E-state index contributed by atoms with van der Waals surface area (Å²) < 4.78 is 97.0. The predicted octanol–water partition coefficient (Wildman–Crippen LogP) is 19.4. The molecular weight excluding hydrogens is 1840 g/mol. The predicted molar refractivity (Wildman–Crippen MR) is 492 cm³/mol. The summed E-state index contributed by atoms with van der Waals surface area (Å²) in [5, 5.41) is 16.6. The fourth-order valence-corrected chi connectivity index (χ4v) is 12.6. The molecule has 3 aromatic carbocycles. The number of hydrogen-bond acceptors (Lipinski definition) is 31. The molecule has 0 aliphatic heterocycles. The summed E-state index contributed by atoms with van der Waals surface area (Å²) in [6.07, 6.45) is 0.238. The molecular formula is C94H71Cl2F6N27O9. The average Bonchev–Trinajstić information content (AvgIpc) is 1.59. The van der Waals surface area contributed by atoms with Gasteiger partial charge >= 0.3 is 12.4 Å². The van der Waals surface area contributed by atoms with E-state index < -0.39 is 53.1 Å². The van der Waals surface area contributed by atoms with Crippen molar-refractivity contribution in [1.82, 2.24) is 105 Å². The van der Waals surface area contributed by atoms with Gasteiger partial charge in [0.15, 0.2) is 52.2 Å². The fourth-order valence-electron chi connectivity index (χ4n) is 12.2. The highest BCUT2D eigenvalue weighted by Crippen LogP contribution is 2.38. The summed E-state index contributed by atoms with van der Waals surface area (Å²) in [7, 11) is 0. The third-order valence-corrected chi connectivity index (χ3v) is 19.1. The number of anilines is 6. The number of carbonyl (C=O) groups is 5. The number of alkyl halides is 6. The standard InChI is InChI=1S/C23H21N7O.C21H13ClF3N5O2.C20H14ClN5O2.C15H10F3N5O2.C15H13N5O2/c1-15(17-8-4-3-5-9-17)27-20-12-11-18(16(2)28-20)22(31)30-23-26-14-25-21(29-23)19-10-6-7-13-24-19;1-11-27-18(15-4-2-3-9-26-15)29-20(28-11)30-19(31)17-8-7-16(32-17)13-6-5-12(10-14(13)22)21(23,24)25;1-12-23-18(15-4-2-3-11-22-15)25-20(24-12)26-19(27)17-10-9-16(28-17)13-5-7-14(21)8-6-13;1-8-20-12(9-4-2-3-7-19-9)22-14(21-8)23-13(24)10-5-6-11(25-10)15(16,17)18;1-9-6-7-12(22-9)14(21)20-15-18-10(2)17-13(19-15)11-5-3-4-8-16-11/h3-15H,1-2H3,(H,27,28)(H,25,26,29,30,31);2-10H,1H3,(H,27,28,29,30,31);2-11H,1H3,(H,23,24,25,26,27);2-7H,1H3,(H,20,21,22,23,24);3-8H,1-2H3,(H,17,18,19,20,21). The fraction of sp³-hybridized carbons (Fsp3) is 0.106. The van der Waals surface area contributed by atoms with E-state index in [1.165, 1.54) is 24.5 Å². The molecule has 1 unspecified atom stereocenters. The van der Waals surface area contributed by atoms with Crippen LogP contribution >= 0.6 is 23.2 Å². The first-order valence-corrected chi connectivity index (χ1v) is 41.7. The second-order valence-electron chi connectivity index (χ2n) is 28.8. The van der Waals surface area contributed by atoms with Crippen LogP contribution in [0.25, 0.3) is 80.2 Å². The number of benzene rings is 3. The molecule has 138 heavy (non-hydrogen) atoms. The van der Waals surface area contributed by atoms with E-state index in [1.807, 2.05) is 54.6 Å². The Bertz CT molecular complexity index is 7330. The molecule has 0 aliphatic carbocycles. The number of furan rings is 4. The highest BCUT2D eigenvalue weighted by Gasteiger charge is 2.36. The topological polar surface area (TPSA) is 481 Å². The maximum atomic E-state index is 12.8. The number of amides is 5. The Morgan fingerprint density at radius 1 is 0.341 bits per heavy atom. The minimum atomic E-state index is -4.67. The van der Waals surface area contributed by atoms with Crippen molar-refractivity contribution in [2.24, 2.45) is 0 Å². The Labute approximate surface area is 787 Å². The first-order chi connectivity index (χ1) is 66.3. The van der Waals surface area contributed by atoms with E-state index in [4.69, 9.17) is 36.5 Å². The Balaban J connectivity index is 0.000000138. The largest absolute Gasteiger partial charge is 0.456 e. The van der Waals surface area contributed by atoms with Gasteiger partial charge in [0.25, 0.3) is 29.5 Å². The number of nitrogens with zero attached hydrogens (tertiary/aromatic N) is 21. The molecule has 0 spiro atoms. The van der Waals surface area contributed by atoms with Crippen LogP contribution in [-0.4, -0.2) is 134 Å². The Hall–Kier alpha value is -18.0. The molecule has 0 aliphatic rings. The number of hydrogen-bond donors (Lipinski definition) is 6. The number of halogens is 8. The van der Waals surface area contributed by atoms with Crippen LogP contribution in [0.3, 0.4) is 0 Å². The van der Waals surface area contributed by atoms with Crippen LogP contribution < -0.4 is 31.9 Å². The molecule has 0 saturated carbocycles. The van der Waals surface area contributed by atoms with E-state index in [1.54, 1.807) is 188 Å². The van der Waals surface area contributed by atoms with Gasteiger partial charge in [-0.1, -0.05) is 83.9 Å². The minimum absolute atomic E-state index is 0.00587. The van der Waals surface area contributed by atoms with Crippen LogP contribution in [-0.2, 0) is 12.4 Å². The van der Waals surface area contributed by atoms with Crippen LogP contribution in [0.2, 0.25) is 10.0 Å². The lowest BCUT2D eigenvalue weighted by Crippen LogP contribution is -2.17. The van der Waals surface area contributed by atoms with Gasteiger partial charge in [-0.2, -0.15) is 71.2 Å². The van der Waals surface area contributed by atoms with Crippen LogP contribution in [0, 0.1) is 41.5 Å². The van der Waals surface area contributed by atoms with E-state index in [9.17, 15) is 50.3 Å². The van der Waals surface area contributed by atoms with Gasteiger partial charge in [-0.25, -0.2) is 34.9 Å². The molecule has 18 aromatic rings. The maximum Gasteiger partial charge on any atom is 0.449 e. The monoisotopic (exact) mass is 1910 g/mol. The molecule has 0 saturated heterocycles. The van der Waals surface area contributed by atoms with Crippen LogP contribution in [0.15, 0.2) is 279 Å². The zero-order valence-electron chi connectivity index (χ0n) is 73.0. The van der Waals surface area contributed by atoms with Gasteiger partial charge in [0.05, 0.1) is 21.8 Å². The number of nitrogens with one attached hydrogen (secondary N) is 6. The minimum Gasteiger partial charge on any atom is -0.456 e. The molecule has 15 heterocycles. The number of rotatable bonds is 20. The zero-order valence-corrected chi connectivity index (χ0v) is 74.5. The third kappa shape index (κ3) is 26.3. The van der Waals surface area contributed by atoms with E-state index in [2.05, 4.69) is 160 Å². The summed E-state index contributed by atoms with van der Waals surface area (Å²) in [6, 6.07) is 61.4. The molecule has 0 radical (unpaired) electrons. The average molecular weight is 1910 g/mol. The van der Waals surface area contributed by atoms with Gasteiger partial charge in [-0.05, 0) is 218 Å². The smallest absolute Gasteiger partial charge is 0.449 e. The van der Waals surface area contributed by atoms with Crippen LogP contribution in [0.1, 0.15) is 117 Å². The summed E-state index contributed by atoms with van der Waals surface area (Å²) in [6.45, 7) is 12.3. The van der Waals surface area contributed by atoms with Crippen LogP contribution in [0.4, 0.5) is 61.9 Å². The summed E-state index contributed by atoms with van der Waals surface area (Å²) >= 11 is 11.9. The van der Waals surface area contributed by atoms with Crippen molar-refractivity contribution in [1.29, 1.82) is 0 Å². The highest BCUT2D eigenvalue weighted by atomic mass is 35.5. The zero-order chi connectivity index (χ0) is 97.6. The lowest BCUT2D eigenvalue weighted by Gasteiger charge is -2.16. The van der Waals surface area contributed by atoms with Crippen LogP contribution in [0.5, 0.6) is 0 Å². The normalized spacial score (nSPS) is 11.1. The lowest BCUT2D eigenvalue weighted by atomic mass is 10.1. The van der Waals surface area contributed by atoms with Crippen molar-refractivity contribution < 1.29 is 68.0 Å². The molecule has 5 amide bonds. The van der Waals surface area contributed by atoms with E-state index in [0.717, 1.165) is 29.3 Å². The quantitative estimate of drug-likeness (QED) is 0.0386. The molecule has 0 fully saturated rings. The number of aromatic nitrogens is 21. The summed E-state index contributed by atoms with van der Waals surface area (Å²) in [5.74, 6) is 1.34. The lowest BCUT2D eigenvalue weighted by molar-refractivity contribution is -0.153. The van der Waals surface area contributed by atoms with Crippen molar-refractivity contribution in [2.75, 3.05) is 31.9 Å². The number of aryl methyl sites for hydroxylation is 6. The summed E-state index contributed by atoms with van der Waals surface area (Å²) in [5.41, 5.74) is 5.10. The maximum absolute atomic E-state index is 12.8. The second-order valence-corrected chi connectivity index (χ2v) is 29.6. The Kier molecular flexibility index (Phi) is 30.7. The number of carbonyl (C=O) groups excluding carboxylic acids is 5.